The second-order valence-electron chi connectivity index (χ2n) is 6.43. The zero-order chi connectivity index (χ0) is 19.8. The highest BCUT2D eigenvalue weighted by Crippen LogP contribution is 2.30. The molecule has 0 aliphatic heterocycles. The van der Waals surface area contributed by atoms with Gasteiger partial charge in [0.2, 0.25) is 5.91 Å². The van der Waals surface area contributed by atoms with Gasteiger partial charge in [-0.3, -0.25) is 14.2 Å². The molecule has 0 atom stereocenters. The summed E-state index contributed by atoms with van der Waals surface area (Å²) < 4.78 is 1.31. The number of amides is 1. The van der Waals surface area contributed by atoms with Crippen LogP contribution >= 0.6 is 22.7 Å². The number of anilines is 1. The van der Waals surface area contributed by atoms with E-state index >= 15 is 0 Å². The topological polar surface area (TPSA) is 76.9 Å². The molecule has 2 aromatic carbocycles. The van der Waals surface area contributed by atoms with Gasteiger partial charge >= 0.3 is 0 Å². The minimum Gasteiger partial charge on any atom is -0.300 e. The zero-order valence-electron chi connectivity index (χ0n) is 15.0. The fourth-order valence-corrected chi connectivity index (χ4v) is 4.67. The molecule has 142 valence electrons. The van der Waals surface area contributed by atoms with Crippen LogP contribution in [0.15, 0.2) is 70.4 Å². The van der Waals surface area contributed by atoms with Crippen molar-refractivity contribution in [3.05, 3.63) is 76.0 Å². The van der Waals surface area contributed by atoms with Crippen molar-refractivity contribution in [3.8, 4) is 11.3 Å². The molecule has 3 heterocycles. The first-order valence-electron chi connectivity index (χ1n) is 8.85. The predicted molar refractivity (Wildman–Crippen MR) is 118 cm³/mol. The maximum atomic E-state index is 12.4. The van der Waals surface area contributed by atoms with Gasteiger partial charge in [0.15, 0.2) is 5.13 Å². The molecule has 0 unspecified atom stereocenters. The summed E-state index contributed by atoms with van der Waals surface area (Å²) in [5, 5.41) is 9.78. The molecule has 8 heteroatoms. The fraction of sp³-hybridized carbons (Fsp3) is 0.0476. The Balaban J connectivity index is 1.37. The van der Waals surface area contributed by atoms with Crippen LogP contribution in [0.1, 0.15) is 0 Å². The van der Waals surface area contributed by atoms with Crippen molar-refractivity contribution in [2.45, 2.75) is 6.54 Å². The quantitative estimate of drug-likeness (QED) is 0.470. The molecular weight excluding hydrogens is 404 g/mol. The van der Waals surface area contributed by atoms with E-state index in [1.54, 1.807) is 6.07 Å². The van der Waals surface area contributed by atoms with E-state index in [0.717, 1.165) is 22.0 Å². The Morgan fingerprint density at radius 3 is 2.83 bits per heavy atom. The van der Waals surface area contributed by atoms with Crippen molar-refractivity contribution >= 4 is 54.7 Å². The average molecular weight is 419 g/mol. The molecule has 0 radical (unpaired) electrons. The predicted octanol–water partition coefficient (Wildman–Crippen LogP) is 4.37. The lowest BCUT2D eigenvalue weighted by Gasteiger charge is -2.05. The van der Waals surface area contributed by atoms with Crippen molar-refractivity contribution in [2.24, 2.45) is 0 Å². The molecule has 0 aliphatic carbocycles. The molecule has 1 N–H and O–H groups in total. The van der Waals surface area contributed by atoms with Crippen molar-refractivity contribution in [3.63, 3.8) is 0 Å². The van der Waals surface area contributed by atoms with Gasteiger partial charge < -0.3 is 5.32 Å². The largest absolute Gasteiger partial charge is 0.300 e. The maximum Gasteiger partial charge on any atom is 0.262 e. The van der Waals surface area contributed by atoms with Gasteiger partial charge in [-0.15, -0.1) is 22.7 Å². The SMILES string of the molecule is O=C(Cn1cnc2sccc2c1=O)Nc1nc(-c2cccc3ccccc23)cs1. The highest BCUT2D eigenvalue weighted by atomic mass is 32.1. The summed E-state index contributed by atoms with van der Waals surface area (Å²) in [6.07, 6.45) is 1.41. The fourth-order valence-electron chi connectivity index (χ4n) is 3.22. The van der Waals surface area contributed by atoms with E-state index in [1.165, 1.54) is 33.6 Å². The Kier molecular flexibility index (Phi) is 4.42. The molecule has 0 saturated carbocycles. The average Bonchev–Trinajstić information content (AvgIpc) is 3.39. The highest BCUT2D eigenvalue weighted by Gasteiger charge is 2.12. The zero-order valence-corrected chi connectivity index (χ0v) is 16.7. The van der Waals surface area contributed by atoms with Crippen LogP contribution in [-0.4, -0.2) is 20.4 Å². The number of thiophene rings is 1. The molecular formula is C21H14N4O2S2. The Morgan fingerprint density at radius 2 is 1.90 bits per heavy atom. The first-order valence-corrected chi connectivity index (χ1v) is 10.6. The molecule has 0 spiro atoms. The van der Waals surface area contributed by atoms with E-state index in [4.69, 9.17) is 0 Å². The van der Waals surface area contributed by atoms with E-state index in [2.05, 4.69) is 33.5 Å². The Labute approximate surface area is 173 Å². The third kappa shape index (κ3) is 3.32. The van der Waals surface area contributed by atoms with Crippen LogP contribution in [0.4, 0.5) is 5.13 Å². The van der Waals surface area contributed by atoms with Crippen LogP contribution in [0.2, 0.25) is 0 Å². The van der Waals surface area contributed by atoms with Gasteiger partial charge in [-0.25, -0.2) is 9.97 Å². The van der Waals surface area contributed by atoms with Gasteiger partial charge in [0.25, 0.3) is 5.56 Å². The molecule has 5 aromatic rings. The molecule has 1 amide bonds. The van der Waals surface area contributed by atoms with Gasteiger partial charge in [0.1, 0.15) is 11.4 Å². The summed E-state index contributed by atoms with van der Waals surface area (Å²) in [6.45, 7) is -0.110. The van der Waals surface area contributed by atoms with Gasteiger partial charge in [0.05, 0.1) is 17.4 Å². The molecule has 6 nitrogen and oxygen atoms in total. The third-order valence-corrected chi connectivity index (χ3v) is 6.16. The van der Waals surface area contributed by atoms with Gasteiger partial charge in [-0.05, 0) is 22.2 Å². The minimum atomic E-state index is -0.317. The van der Waals surface area contributed by atoms with Crippen molar-refractivity contribution < 1.29 is 4.79 Å². The smallest absolute Gasteiger partial charge is 0.262 e. The third-order valence-electron chi connectivity index (χ3n) is 4.58. The number of carbonyl (C=O) groups excluding carboxylic acids is 1. The maximum absolute atomic E-state index is 12.4. The van der Waals surface area contributed by atoms with E-state index in [1.807, 2.05) is 35.0 Å². The second-order valence-corrected chi connectivity index (χ2v) is 8.18. The molecule has 0 saturated heterocycles. The number of thiazole rings is 1. The van der Waals surface area contributed by atoms with E-state index in [0.29, 0.717) is 15.3 Å². The lowest BCUT2D eigenvalue weighted by atomic mass is 10.0. The summed E-state index contributed by atoms with van der Waals surface area (Å²) in [7, 11) is 0. The van der Waals surface area contributed by atoms with E-state index in [9.17, 15) is 9.59 Å². The number of nitrogens with one attached hydrogen (secondary N) is 1. The van der Waals surface area contributed by atoms with Gasteiger partial charge in [0, 0.05) is 10.9 Å². The first kappa shape index (κ1) is 17.7. The summed E-state index contributed by atoms with van der Waals surface area (Å²) in [5.74, 6) is -0.317. The van der Waals surface area contributed by atoms with Crippen LogP contribution in [0, 0.1) is 0 Å². The lowest BCUT2D eigenvalue weighted by molar-refractivity contribution is -0.116. The van der Waals surface area contributed by atoms with Crippen molar-refractivity contribution in [1.29, 1.82) is 0 Å². The summed E-state index contributed by atoms with van der Waals surface area (Å²) in [6, 6.07) is 15.9. The number of benzene rings is 2. The van der Waals surface area contributed by atoms with Crippen LogP contribution in [-0.2, 0) is 11.3 Å². The molecule has 0 fully saturated rings. The van der Waals surface area contributed by atoms with Crippen LogP contribution in [0.25, 0.3) is 32.2 Å². The van der Waals surface area contributed by atoms with Crippen molar-refractivity contribution in [1.82, 2.24) is 14.5 Å². The summed E-state index contributed by atoms with van der Waals surface area (Å²) >= 11 is 2.76. The van der Waals surface area contributed by atoms with Gasteiger partial charge in [-0.2, -0.15) is 0 Å². The highest BCUT2D eigenvalue weighted by molar-refractivity contribution is 7.16. The van der Waals surface area contributed by atoms with Crippen LogP contribution < -0.4 is 10.9 Å². The number of hydrogen-bond acceptors (Lipinski definition) is 6. The number of rotatable bonds is 4. The Bertz CT molecular complexity index is 1410. The Hall–Kier alpha value is -3.36. The van der Waals surface area contributed by atoms with Crippen LogP contribution in [0.3, 0.4) is 0 Å². The first-order chi connectivity index (χ1) is 14.2. The lowest BCUT2D eigenvalue weighted by Crippen LogP contribution is -2.27. The second kappa shape index (κ2) is 7.23. The minimum absolute atomic E-state index is 0.110. The normalized spacial score (nSPS) is 11.2. The summed E-state index contributed by atoms with van der Waals surface area (Å²) in [5.41, 5.74) is 1.60. The molecule has 29 heavy (non-hydrogen) atoms. The van der Waals surface area contributed by atoms with Gasteiger partial charge in [-0.1, -0.05) is 42.5 Å². The standard InChI is InChI=1S/C21H14N4O2S2/c26-18(10-25-12-22-19-16(20(25)27)8-9-28-19)24-21-23-17(11-29-21)15-7-3-5-13-4-1-2-6-14(13)15/h1-9,11-12H,10H2,(H,23,24,26). The number of aromatic nitrogens is 3. The van der Waals surface area contributed by atoms with E-state index in [-0.39, 0.29) is 18.0 Å². The number of hydrogen-bond donors (Lipinski definition) is 1. The molecule has 3 aromatic heterocycles. The Morgan fingerprint density at radius 1 is 1.03 bits per heavy atom. The van der Waals surface area contributed by atoms with Crippen molar-refractivity contribution in [2.75, 3.05) is 5.32 Å². The molecule has 5 rings (SSSR count). The number of fused-ring (bicyclic) bond motifs is 2. The number of nitrogens with zero attached hydrogens (tertiary/aromatic N) is 3. The number of carbonyl (C=O) groups is 1. The van der Waals surface area contributed by atoms with Crippen LogP contribution in [0.5, 0.6) is 0 Å². The summed E-state index contributed by atoms with van der Waals surface area (Å²) in [4.78, 5) is 34.3. The monoisotopic (exact) mass is 418 g/mol. The molecule has 0 aliphatic rings. The molecule has 0 bridgehead atoms. The van der Waals surface area contributed by atoms with E-state index < -0.39 is 0 Å².